The van der Waals surface area contributed by atoms with Crippen molar-refractivity contribution < 1.29 is 28.6 Å². The average Bonchev–Trinajstić information content (AvgIpc) is 2.84. The molecule has 196 valence electrons. The van der Waals surface area contributed by atoms with Gasteiger partial charge in [-0.3, -0.25) is 14.4 Å². The Balaban J connectivity index is 0.000000281. The van der Waals surface area contributed by atoms with Crippen molar-refractivity contribution >= 4 is 41.0 Å². The summed E-state index contributed by atoms with van der Waals surface area (Å²) in [5.41, 5.74) is 6.91. The van der Waals surface area contributed by atoms with Crippen LogP contribution in [0, 0.1) is 0 Å². The number of hydrogen-bond acceptors (Lipinski definition) is 7. The number of carbonyl (C=O) groups excluding carboxylic acids is 3. The number of rotatable bonds is 8. The van der Waals surface area contributed by atoms with E-state index < -0.39 is 11.9 Å². The topological polar surface area (TPSA) is 118 Å². The monoisotopic (exact) mass is 546 g/mol. The van der Waals surface area contributed by atoms with Crippen molar-refractivity contribution in [1.82, 2.24) is 4.98 Å². The fourth-order valence-corrected chi connectivity index (χ4v) is 3.90. The van der Waals surface area contributed by atoms with Gasteiger partial charge in [-0.2, -0.15) is 0 Å². The van der Waals surface area contributed by atoms with Crippen molar-refractivity contribution in [2.24, 2.45) is 5.73 Å². The molecule has 0 aliphatic rings. The van der Waals surface area contributed by atoms with Gasteiger partial charge in [0.2, 0.25) is 5.75 Å². The van der Waals surface area contributed by atoms with Gasteiger partial charge in [0.25, 0.3) is 5.91 Å². The number of halogens is 2. The summed E-state index contributed by atoms with van der Waals surface area (Å²) in [7, 11) is 1.38. The summed E-state index contributed by atoms with van der Waals surface area (Å²) < 4.78 is 15.2. The Bertz CT molecular complexity index is 1210. The number of aromatic nitrogens is 1. The van der Waals surface area contributed by atoms with E-state index in [0.29, 0.717) is 16.5 Å². The Morgan fingerprint density at radius 1 is 1.00 bits per heavy atom. The highest BCUT2D eigenvalue weighted by molar-refractivity contribution is 6.31. The van der Waals surface area contributed by atoms with Crippen LogP contribution in [0.1, 0.15) is 54.7 Å². The molecule has 8 nitrogen and oxygen atoms in total. The van der Waals surface area contributed by atoms with E-state index in [1.54, 1.807) is 6.92 Å². The second-order valence-corrected chi connectivity index (χ2v) is 8.66. The second kappa shape index (κ2) is 14.2. The maximum Gasteiger partial charge on any atom is 0.308 e. The van der Waals surface area contributed by atoms with E-state index in [9.17, 15) is 14.4 Å². The first-order valence-electron chi connectivity index (χ1n) is 11.3. The van der Waals surface area contributed by atoms with Crippen molar-refractivity contribution in [2.45, 2.75) is 39.2 Å². The number of nitrogens with two attached hydrogens (primary N) is 1. The molecular weight excluding hydrogens is 519 g/mol. The molecule has 37 heavy (non-hydrogen) atoms. The van der Waals surface area contributed by atoms with Crippen LogP contribution in [0.25, 0.3) is 0 Å². The molecule has 1 heterocycles. The van der Waals surface area contributed by atoms with Crippen molar-refractivity contribution in [2.75, 3.05) is 7.11 Å². The highest BCUT2D eigenvalue weighted by atomic mass is 35.5. The molecule has 2 aromatic carbocycles. The number of ether oxygens (including phenoxy) is 3. The van der Waals surface area contributed by atoms with Gasteiger partial charge in [0.15, 0.2) is 11.4 Å². The van der Waals surface area contributed by atoms with E-state index >= 15 is 0 Å². The van der Waals surface area contributed by atoms with E-state index in [1.165, 1.54) is 26.3 Å². The highest BCUT2D eigenvalue weighted by Crippen LogP contribution is 2.33. The van der Waals surface area contributed by atoms with Gasteiger partial charge < -0.3 is 19.9 Å². The predicted octanol–water partition coefficient (Wildman–Crippen LogP) is 5.58. The molecular formula is C27H28Cl2N2O6. The van der Waals surface area contributed by atoms with Crippen LogP contribution >= 0.6 is 23.2 Å². The molecule has 3 aromatic rings. The summed E-state index contributed by atoms with van der Waals surface area (Å²) in [5, 5.41) is 1.30. The van der Waals surface area contributed by atoms with Crippen LogP contribution in [-0.4, -0.2) is 36.0 Å². The van der Waals surface area contributed by atoms with Gasteiger partial charge >= 0.3 is 11.9 Å². The number of pyridine rings is 1. The van der Waals surface area contributed by atoms with Crippen molar-refractivity contribution in [3.63, 3.8) is 0 Å². The minimum absolute atomic E-state index is 0.0556. The molecule has 3 rings (SSSR count). The molecule has 1 unspecified atom stereocenters. The largest absolute Gasteiger partial charge is 0.493 e. The number of methoxy groups -OCH3 is 1. The lowest BCUT2D eigenvalue weighted by atomic mass is 9.87. The number of carbonyl (C=O) groups is 3. The third kappa shape index (κ3) is 8.77. The fraction of sp³-hybridized carbons (Fsp3) is 0.259. The van der Waals surface area contributed by atoms with Crippen LogP contribution < -0.4 is 15.2 Å². The second-order valence-electron chi connectivity index (χ2n) is 7.79. The standard InChI is InChI=1S/C18H18Cl2O2.C9H10N2O4/c1-3-17(21)22-12(2)18(13-6-4-8-15(19)10-13)14-7-5-9-16(20)11-14;1-5(12)15-8-6(14-2)3-4-11-7(8)9(10)13/h4-12,18H,3H2,1-2H3;3-4H,1-2H3,(H2,10,13). The van der Waals surface area contributed by atoms with Gasteiger partial charge in [-0.15, -0.1) is 0 Å². The Labute approximate surface area is 225 Å². The molecule has 0 radical (unpaired) electrons. The third-order valence-electron chi connectivity index (χ3n) is 5.06. The molecule has 1 aromatic heterocycles. The molecule has 0 aliphatic carbocycles. The Hall–Kier alpha value is -3.62. The maximum absolute atomic E-state index is 11.6. The van der Waals surface area contributed by atoms with Crippen molar-refractivity contribution in [3.8, 4) is 11.5 Å². The van der Waals surface area contributed by atoms with Gasteiger partial charge in [-0.1, -0.05) is 54.4 Å². The number of hydrogen-bond donors (Lipinski definition) is 1. The average molecular weight is 547 g/mol. The number of benzene rings is 2. The number of amides is 1. The lowest BCUT2D eigenvalue weighted by Crippen LogP contribution is -2.23. The first-order chi connectivity index (χ1) is 17.6. The van der Waals surface area contributed by atoms with Crippen LogP contribution in [0.4, 0.5) is 0 Å². The zero-order valence-corrected chi connectivity index (χ0v) is 22.4. The van der Waals surface area contributed by atoms with Gasteiger partial charge in [0, 0.05) is 41.6 Å². The molecule has 0 aliphatic heterocycles. The van der Waals surface area contributed by atoms with Crippen molar-refractivity contribution in [3.05, 3.63) is 87.7 Å². The molecule has 10 heteroatoms. The minimum atomic E-state index is -0.787. The van der Waals surface area contributed by atoms with Crippen LogP contribution in [0.2, 0.25) is 10.0 Å². The number of nitrogens with zero attached hydrogens (tertiary/aromatic N) is 1. The van der Waals surface area contributed by atoms with Gasteiger partial charge in [-0.05, 0) is 42.3 Å². The van der Waals surface area contributed by atoms with E-state index in [1.807, 2.05) is 55.5 Å². The maximum atomic E-state index is 11.6. The summed E-state index contributed by atoms with van der Waals surface area (Å²) in [6.45, 7) is 4.88. The van der Waals surface area contributed by atoms with E-state index in [2.05, 4.69) is 4.98 Å². The summed E-state index contributed by atoms with van der Waals surface area (Å²) in [6, 6.07) is 16.6. The van der Waals surface area contributed by atoms with Gasteiger partial charge in [-0.25, -0.2) is 4.98 Å². The van der Waals surface area contributed by atoms with Gasteiger partial charge in [0.05, 0.1) is 7.11 Å². The van der Waals surface area contributed by atoms with E-state index in [4.69, 9.17) is 43.1 Å². The van der Waals surface area contributed by atoms with E-state index in [0.717, 1.165) is 11.1 Å². The van der Waals surface area contributed by atoms with Crippen LogP contribution in [0.3, 0.4) is 0 Å². The van der Waals surface area contributed by atoms with E-state index in [-0.39, 0.29) is 35.2 Å². The molecule has 0 saturated heterocycles. The lowest BCUT2D eigenvalue weighted by Gasteiger charge is -2.25. The predicted molar refractivity (Wildman–Crippen MR) is 141 cm³/mol. The summed E-state index contributed by atoms with van der Waals surface area (Å²) >= 11 is 12.2. The fourth-order valence-electron chi connectivity index (χ4n) is 3.50. The highest BCUT2D eigenvalue weighted by Gasteiger charge is 2.25. The molecule has 1 amide bonds. The number of esters is 2. The zero-order valence-electron chi connectivity index (χ0n) is 20.9. The first-order valence-corrected chi connectivity index (χ1v) is 12.0. The third-order valence-corrected chi connectivity index (χ3v) is 5.53. The Morgan fingerprint density at radius 3 is 2.00 bits per heavy atom. The Kier molecular flexibility index (Phi) is 11.4. The van der Waals surface area contributed by atoms with Gasteiger partial charge in [0.1, 0.15) is 6.10 Å². The summed E-state index contributed by atoms with van der Waals surface area (Å²) in [6.07, 6.45) is 1.37. The molecule has 0 bridgehead atoms. The molecule has 1 atom stereocenters. The minimum Gasteiger partial charge on any atom is -0.493 e. The molecule has 0 spiro atoms. The van der Waals surface area contributed by atoms with Crippen LogP contribution in [0.15, 0.2) is 60.8 Å². The summed E-state index contributed by atoms with van der Waals surface area (Å²) in [5.74, 6) is -1.53. The molecule has 2 N–H and O–H groups in total. The quantitative estimate of drug-likeness (QED) is 0.366. The van der Waals surface area contributed by atoms with Crippen molar-refractivity contribution in [1.29, 1.82) is 0 Å². The molecule has 0 fully saturated rings. The van der Waals surface area contributed by atoms with Crippen LogP contribution in [0.5, 0.6) is 11.5 Å². The number of primary amides is 1. The zero-order chi connectivity index (χ0) is 27.5. The van der Waals surface area contributed by atoms with Crippen LogP contribution in [-0.2, 0) is 14.3 Å². The normalized spacial score (nSPS) is 11.1. The first kappa shape index (κ1) is 29.6. The SMILES string of the molecule is CCC(=O)OC(C)C(c1cccc(Cl)c1)c1cccc(Cl)c1.COc1ccnc(C(N)=O)c1OC(C)=O. The molecule has 0 saturated carbocycles. The Morgan fingerprint density at radius 2 is 1.57 bits per heavy atom. The lowest BCUT2D eigenvalue weighted by molar-refractivity contribution is -0.148. The summed E-state index contributed by atoms with van der Waals surface area (Å²) in [4.78, 5) is 37.1. The smallest absolute Gasteiger partial charge is 0.308 e.